The first kappa shape index (κ1) is 16.3. The minimum absolute atomic E-state index is 0.187. The number of hydrogen-bond donors (Lipinski definition) is 1. The molecule has 0 bridgehead atoms. The zero-order chi connectivity index (χ0) is 14.5. The van der Waals surface area contributed by atoms with Crippen LogP contribution in [0.1, 0.15) is 29.8 Å². The Bertz CT molecular complexity index is 571. The maximum Gasteiger partial charge on any atom is 0.0701 e. The van der Waals surface area contributed by atoms with Gasteiger partial charge in [0, 0.05) is 27.4 Å². The van der Waals surface area contributed by atoms with Crippen LogP contribution < -0.4 is 5.32 Å². The van der Waals surface area contributed by atoms with Gasteiger partial charge >= 0.3 is 0 Å². The van der Waals surface area contributed by atoms with Crippen molar-refractivity contribution in [2.24, 2.45) is 0 Å². The highest BCUT2D eigenvalue weighted by molar-refractivity contribution is 9.11. The summed E-state index contributed by atoms with van der Waals surface area (Å²) >= 11 is 17.7. The molecule has 1 aromatic carbocycles. The number of benzene rings is 1. The van der Waals surface area contributed by atoms with Crippen molar-refractivity contribution in [2.45, 2.75) is 25.8 Å². The molecular formula is C15H16BrCl2NS. The van der Waals surface area contributed by atoms with Gasteiger partial charge in [0.05, 0.1) is 3.79 Å². The second-order valence-corrected chi connectivity index (χ2v) is 7.97. The number of nitrogens with one attached hydrogen (secondary N) is 1. The van der Waals surface area contributed by atoms with Gasteiger partial charge in [-0.25, -0.2) is 0 Å². The first-order chi connectivity index (χ1) is 9.60. The predicted octanol–water partition coefficient (Wildman–Crippen LogP) is 6.10. The van der Waals surface area contributed by atoms with Crippen molar-refractivity contribution in [1.82, 2.24) is 5.32 Å². The smallest absolute Gasteiger partial charge is 0.0701 e. The molecule has 0 aliphatic rings. The fraction of sp³-hybridized carbons (Fsp3) is 0.333. The van der Waals surface area contributed by atoms with Crippen LogP contribution in [0.5, 0.6) is 0 Å². The van der Waals surface area contributed by atoms with E-state index in [9.17, 15) is 0 Å². The molecule has 2 aromatic rings. The summed E-state index contributed by atoms with van der Waals surface area (Å²) in [4.78, 5) is 1.32. The van der Waals surface area contributed by atoms with E-state index in [1.165, 1.54) is 4.88 Å². The van der Waals surface area contributed by atoms with Crippen LogP contribution in [0.25, 0.3) is 0 Å². The molecule has 2 rings (SSSR count). The number of rotatable bonds is 6. The van der Waals surface area contributed by atoms with Crippen LogP contribution in [0.3, 0.4) is 0 Å². The molecule has 20 heavy (non-hydrogen) atoms. The summed E-state index contributed by atoms with van der Waals surface area (Å²) in [5.74, 6) is 0. The molecule has 1 heterocycles. The largest absolute Gasteiger partial charge is 0.310 e. The quantitative estimate of drug-likeness (QED) is 0.625. The van der Waals surface area contributed by atoms with Gasteiger partial charge in [0.25, 0.3) is 0 Å². The zero-order valence-corrected chi connectivity index (χ0v) is 15.0. The molecule has 0 saturated heterocycles. The summed E-state index contributed by atoms with van der Waals surface area (Å²) < 4.78 is 1.15. The van der Waals surface area contributed by atoms with E-state index in [-0.39, 0.29) is 6.04 Å². The Morgan fingerprint density at radius 2 is 2.05 bits per heavy atom. The first-order valence-electron chi connectivity index (χ1n) is 6.52. The third-order valence-corrected chi connectivity index (χ3v) is 5.23. The molecule has 108 valence electrons. The molecular weight excluding hydrogens is 377 g/mol. The molecule has 0 aliphatic carbocycles. The molecule has 0 spiro atoms. The van der Waals surface area contributed by atoms with Gasteiger partial charge in [-0.15, -0.1) is 11.3 Å². The maximum absolute atomic E-state index is 6.34. The van der Waals surface area contributed by atoms with Gasteiger partial charge in [-0.2, -0.15) is 0 Å². The van der Waals surface area contributed by atoms with Crippen molar-refractivity contribution < 1.29 is 0 Å². The lowest BCUT2D eigenvalue weighted by molar-refractivity contribution is 0.532. The maximum atomic E-state index is 6.34. The molecule has 0 saturated carbocycles. The predicted molar refractivity (Wildman–Crippen MR) is 93.2 cm³/mol. The normalized spacial score (nSPS) is 12.6. The summed E-state index contributed by atoms with van der Waals surface area (Å²) in [6.07, 6.45) is 2.00. The highest BCUT2D eigenvalue weighted by Gasteiger charge is 2.16. The van der Waals surface area contributed by atoms with E-state index in [1.807, 2.05) is 18.2 Å². The van der Waals surface area contributed by atoms with E-state index in [1.54, 1.807) is 11.3 Å². The topological polar surface area (TPSA) is 12.0 Å². The Labute approximate surface area is 142 Å². The van der Waals surface area contributed by atoms with E-state index in [4.69, 9.17) is 23.2 Å². The number of halogens is 3. The average Bonchev–Trinajstić information content (AvgIpc) is 2.83. The minimum Gasteiger partial charge on any atom is -0.310 e. The van der Waals surface area contributed by atoms with Gasteiger partial charge in [-0.1, -0.05) is 30.1 Å². The Hall–Kier alpha value is -0.0600. The van der Waals surface area contributed by atoms with Gasteiger partial charge in [-0.05, 0) is 64.8 Å². The summed E-state index contributed by atoms with van der Waals surface area (Å²) in [6.45, 7) is 3.12. The molecule has 5 heteroatoms. The third kappa shape index (κ3) is 4.47. The van der Waals surface area contributed by atoms with Crippen LogP contribution in [0, 0.1) is 0 Å². The Morgan fingerprint density at radius 3 is 2.70 bits per heavy atom. The summed E-state index contributed by atoms with van der Waals surface area (Å²) in [6, 6.07) is 10.1. The van der Waals surface area contributed by atoms with Crippen LogP contribution in [0.2, 0.25) is 10.0 Å². The van der Waals surface area contributed by atoms with Gasteiger partial charge in [-0.3, -0.25) is 0 Å². The fourth-order valence-corrected chi connectivity index (χ4v) is 4.01. The Kier molecular flexibility index (Phi) is 6.37. The van der Waals surface area contributed by atoms with E-state index in [0.717, 1.165) is 38.8 Å². The summed E-state index contributed by atoms with van der Waals surface area (Å²) in [7, 11) is 0. The highest BCUT2D eigenvalue weighted by atomic mass is 79.9. The lowest BCUT2D eigenvalue weighted by Gasteiger charge is -2.20. The molecule has 0 radical (unpaired) electrons. The van der Waals surface area contributed by atoms with E-state index < -0.39 is 0 Å². The van der Waals surface area contributed by atoms with Crippen molar-refractivity contribution in [3.8, 4) is 0 Å². The molecule has 0 aliphatic heterocycles. The van der Waals surface area contributed by atoms with Gasteiger partial charge in [0.2, 0.25) is 0 Å². The van der Waals surface area contributed by atoms with Crippen LogP contribution in [0.4, 0.5) is 0 Å². The van der Waals surface area contributed by atoms with Crippen molar-refractivity contribution in [2.75, 3.05) is 6.54 Å². The van der Waals surface area contributed by atoms with Crippen LogP contribution in [0.15, 0.2) is 34.1 Å². The van der Waals surface area contributed by atoms with Gasteiger partial charge in [0.1, 0.15) is 0 Å². The van der Waals surface area contributed by atoms with Crippen LogP contribution in [-0.2, 0) is 6.42 Å². The van der Waals surface area contributed by atoms with Gasteiger partial charge < -0.3 is 5.32 Å². The number of hydrogen-bond acceptors (Lipinski definition) is 2. The van der Waals surface area contributed by atoms with E-state index in [2.05, 4.69) is 40.3 Å². The SMILES string of the molecule is CCCNC(Cc1ccc(Br)s1)c1cc(Cl)ccc1Cl. The number of thiophene rings is 1. The third-order valence-electron chi connectivity index (χ3n) is 3.01. The molecule has 1 unspecified atom stereocenters. The second-order valence-electron chi connectivity index (χ2n) is 4.58. The monoisotopic (exact) mass is 391 g/mol. The second kappa shape index (κ2) is 7.81. The lowest BCUT2D eigenvalue weighted by Crippen LogP contribution is -2.24. The minimum atomic E-state index is 0.187. The Morgan fingerprint density at radius 1 is 1.25 bits per heavy atom. The average molecular weight is 393 g/mol. The molecule has 0 fully saturated rings. The molecule has 1 N–H and O–H groups in total. The molecule has 0 amide bonds. The van der Waals surface area contributed by atoms with Crippen molar-refractivity contribution in [3.05, 3.63) is 54.6 Å². The fourth-order valence-electron chi connectivity index (χ4n) is 2.05. The first-order valence-corrected chi connectivity index (χ1v) is 8.89. The summed E-state index contributed by atoms with van der Waals surface area (Å²) in [5.41, 5.74) is 1.07. The molecule has 1 nitrogen and oxygen atoms in total. The standard InChI is InChI=1S/C15H16BrCl2NS/c1-2-7-19-14(9-11-4-6-15(16)20-11)12-8-10(17)3-5-13(12)18/h3-6,8,14,19H,2,7,9H2,1H3. The molecule has 1 atom stereocenters. The molecule has 1 aromatic heterocycles. The summed E-state index contributed by atoms with van der Waals surface area (Å²) in [5, 5.41) is 5.04. The van der Waals surface area contributed by atoms with Crippen LogP contribution in [-0.4, -0.2) is 6.54 Å². The zero-order valence-electron chi connectivity index (χ0n) is 11.1. The van der Waals surface area contributed by atoms with E-state index >= 15 is 0 Å². The highest BCUT2D eigenvalue weighted by Crippen LogP contribution is 2.31. The van der Waals surface area contributed by atoms with Crippen LogP contribution >= 0.6 is 50.5 Å². The van der Waals surface area contributed by atoms with Gasteiger partial charge in [0.15, 0.2) is 0 Å². The van der Waals surface area contributed by atoms with Crippen molar-refractivity contribution >= 4 is 50.5 Å². The lowest BCUT2D eigenvalue weighted by atomic mass is 10.0. The van der Waals surface area contributed by atoms with Crippen molar-refractivity contribution in [1.29, 1.82) is 0 Å². The Balaban J connectivity index is 2.24. The van der Waals surface area contributed by atoms with Crippen molar-refractivity contribution in [3.63, 3.8) is 0 Å². The van der Waals surface area contributed by atoms with E-state index in [0.29, 0.717) is 0 Å².